The fraction of sp³-hybridized carbons (Fsp3) is 0.478. The molecule has 3 atom stereocenters. The predicted octanol–water partition coefficient (Wildman–Crippen LogP) is 5.59. The number of aryl methyl sites for hydroxylation is 1. The molecular formula is C23H28N2O. The molecule has 2 rings (SSSR count). The molecule has 3 unspecified atom stereocenters. The average Bonchev–Trinajstić information content (AvgIpc) is 2.66. The summed E-state index contributed by atoms with van der Waals surface area (Å²) in [5.41, 5.74) is 3.67. The van der Waals surface area contributed by atoms with Crippen LogP contribution in [-0.2, 0) is 11.2 Å². The minimum absolute atomic E-state index is 0.0213. The van der Waals surface area contributed by atoms with Crippen molar-refractivity contribution in [1.29, 1.82) is 10.5 Å². The number of hydrogen-bond donors (Lipinski definition) is 0. The van der Waals surface area contributed by atoms with Crippen LogP contribution in [0.2, 0.25) is 0 Å². The SMILES string of the molecule is CCC(C)CCc1ccc(/C=C/C2CC(=C(C#N)C#N)CC(C)O2)cc1. The first-order valence-electron chi connectivity index (χ1n) is 9.50. The van der Waals surface area contributed by atoms with Crippen LogP contribution in [0, 0.1) is 28.6 Å². The first-order chi connectivity index (χ1) is 12.5. The Balaban J connectivity index is 1.99. The van der Waals surface area contributed by atoms with Gasteiger partial charge in [-0.2, -0.15) is 10.5 Å². The van der Waals surface area contributed by atoms with Gasteiger partial charge in [0.2, 0.25) is 0 Å². The van der Waals surface area contributed by atoms with Crippen molar-refractivity contribution in [2.24, 2.45) is 5.92 Å². The number of ether oxygens (including phenoxy) is 1. The van der Waals surface area contributed by atoms with E-state index in [0.29, 0.717) is 12.8 Å². The molecule has 26 heavy (non-hydrogen) atoms. The van der Waals surface area contributed by atoms with Crippen molar-refractivity contribution >= 4 is 6.08 Å². The van der Waals surface area contributed by atoms with Crippen LogP contribution in [0.4, 0.5) is 0 Å². The third-order valence-corrected chi connectivity index (χ3v) is 5.07. The second-order valence-electron chi connectivity index (χ2n) is 7.25. The first-order valence-corrected chi connectivity index (χ1v) is 9.50. The van der Waals surface area contributed by atoms with Crippen molar-refractivity contribution < 1.29 is 4.74 Å². The van der Waals surface area contributed by atoms with Gasteiger partial charge in [-0.1, -0.05) is 56.7 Å². The Morgan fingerprint density at radius 1 is 1.23 bits per heavy atom. The number of nitrogens with zero attached hydrogens (tertiary/aromatic N) is 2. The zero-order chi connectivity index (χ0) is 18.9. The molecule has 0 amide bonds. The topological polar surface area (TPSA) is 56.8 Å². The van der Waals surface area contributed by atoms with Crippen molar-refractivity contribution in [2.45, 2.75) is 65.1 Å². The molecule has 1 aromatic rings. The highest BCUT2D eigenvalue weighted by Crippen LogP contribution is 2.27. The van der Waals surface area contributed by atoms with E-state index in [1.54, 1.807) is 0 Å². The summed E-state index contributed by atoms with van der Waals surface area (Å²) in [5, 5.41) is 18.2. The minimum atomic E-state index is -0.0875. The third-order valence-electron chi connectivity index (χ3n) is 5.07. The first kappa shape index (κ1) is 20.0. The lowest BCUT2D eigenvalue weighted by atomic mass is 9.94. The summed E-state index contributed by atoms with van der Waals surface area (Å²) in [7, 11) is 0. The largest absolute Gasteiger partial charge is 0.371 e. The van der Waals surface area contributed by atoms with Crippen LogP contribution in [0.25, 0.3) is 6.08 Å². The van der Waals surface area contributed by atoms with E-state index in [0.717, 1.165) is 23.5 Å². The molecule has 0 bridgehead atoms. The highest BCUT2D eigenvalue weighted by molar-refractivity contribution is 5.51. The van der Waals surface area contributed by atoms with Crippen LogP contribution in [0.5, 0.6) is 0 Å². The standard InChI is InChI=1S/C23H28N2O/c1-4-17(2)5-6-19-7-9-20(10-8-19)11-12-23-14-21(13-18(3)26-23)22(15-24)16-25/h7-12,17-18,23H,4-6,13-14H2,1-3H3/b12-11+. The minimum Gasteiger partial charge on any atom is -0.371 e. The molecule has 0 aromatic heterocycles. The van der Waals surface area contributed by atoms with Gasteiger partial charge < -0.3 is 4.74 Å². The lowest BCUT2D eigenvalue weighted by Crippen LogP contribution is -2.26. The highest BCUT2D eigenvalue weighted by atomic mass is 16.5. The van der Waals surface area contributed by atoms with Crippen LogP contribution in [0.1, 0.15) is 57.6 Å². The number of hydrogen-bond acceptors (Lipinski definition) is 3. The maximum atomic E-state index is 9.09. The summed E-state index contributed by atoms with van der Waals surface area (Å²) in [4.78, 5) is 0. The number of nitriles is 2. The van der Waals surface area contributed by atoms with E-state index in [1.165, 1.54) is 18.4 Å². The maximum absolute atomic E-state index is 9.09. The fourth-order valence-corrected chi connectivity index (χ4v) is 3.20. The summed E-state index contributed by atoms with van der Waals surface area (Å²) < 4.78 is 5.94. The van der Waals surface area contributed by atoms with Gasteiger partial charge in [-0.15, -0.1) is 0 Å². The Morgan fingerprint density at radius 3 is 2.54 bits per heavy atom. The molecule has 0 radical (unpaired) electrons. The van der Waals surface area contributed by atoms with Gasteiger partial charge in [0.05, 0.1) is 12.2 Å². The molecule has 1 aromatic carbocycles. The van der Waals surface area contributed by atoms with E-state index in [1.807, 2.05) is 25.1 Å². The van der Waals surface area contributed by atoms with Crippen LogP contribution in [0.3, 0.4) is 0 Å². The smallest absolute Gasteiger partial charge is 0.129 e. The van der Waals surface area contributed by atoms with Crippen LogP contribution in [-0.4, -0.2) is 12.2 Å². The van der Waals surface area contributed by atoms with Gasteiger partial charge in [0.1, 0.15) is 17.7 Å². The van der Waals surface area contributed by atoms with Crippen LogP contribution >= 0.6 is 0 Å². The predicted molar refractivity (Wildman–Crippen MR) is 105 cm³/mol. The van der Waals surface area contributed by atoms with Crippen molar-refractivity contribution in [3.63, 3.8) is 0 Å². The molecule has 136 valence electrons. The Morgan fingerprint density at radius 2 is 1.92 bits per heavy atom. The normalized spacial score (nSPS) is 21.2. The Bertz CT molecular complexity index is 715. The van der Waals surface area contributed by atoms with Gasteiger partial charge in [-0.25, -0.2) is 0 Å². The number of rotatable bonds is 6. The van der Waals surface area contributed by atoms with Crippen molar-refractivity contribution in [2.75, 3.05) is 0 Å². The van der Waals surface area contributed by atoms with E-state index in [2.05, 4.69) is 44.2 Å². The van der Waals surface area contributed by atoms with Crippen LogP contribution < -0.4 is 0 Å². The molecule has 0 aliphatic carbocycles. The van der Waals surface area contributed by atoms with E-state index in [-0.39, 0.29) is 17.8 Å². The maximum Gasteiger partial charge on any atom is 0.129 e. The van der Waals surface area contributed by atoms with E-state index < -0.39 is 0 Å². The monoisotopic (exact) mass is 348 g/mol. The van der Waals surface area contributed by atoms with Crippen molar-refractivity contribution in [1.82, 2.24) is 0 Å². The second-order valence-corrected chi connectivity index (χ2v) is 7.25. The summed E-state index contributed by atoms with van der Waals surface area (Å²) in [6, 6.07) is 12.7. The lowest BCUT2D eigenvalue weighted by Gasteiger charge is -2.28. The van der Waals surface area contributed by atoms with Gasteiger partial charge in [0, 0.05) is 6.42 Å². The van der Waals surface area contributed by atoms with Gasteiger partial charge in [0.15, 0.2) is 0 Å². The molecule has 0 N–H and O–H groups in total. The quantitative estimate of drug-likeness (QED) is 0.630. The van der Waals surface area contributed by atoms with Crippen molar-refractivity contribution in [3.8, 4) is 12.1 Å². The van der Waals surface area contributed by atoms with Gasteiger partial charge in [-0.3, -0.25) is 0 Å². The molecule has 3 heteroatoms. The van der Waals surface area contributed by atoms with Gasteiger partial charge in [-0.05, 0) is 48.8 Å². The molecular weight excluding hydrogens is 320 g/mol. The summed E-state index contributed by atoms with van der Waals surface area (Å²) in [6.07, 6.45) is 8.90. The number of allylic oxidation sites excluding steroid dienone is 1. The zero-order valence-electron chi connectivity index (χ0n) is 16.0. The molecule has 3 nitrogen and oxygen atoms in total. The molecule has 1 heterocycles. The molecule has 1 saturated heterocycles. The molecule has 0 saturated carbocycles. The Kier molecular flexibility index (Phi) is 7.64. The molecule has 1 fully saturated rings. The highest BCUT2D eigenvalue weighted by Gasteiger charge is 2.23. The third kappa shape index (κ3) is 5.87. The van der Waals surface area contributed by atoms with Gasteiger partial charge in [0.25, 0.3) is 0 Å². The molecule has 1 aliphatic heterocycles. The Hall–Kier alpha value is -2.36. The summed E-state index contributed by atoms with van der Waals surface area (Å²) >= 11 is 0. The summed E-state index contributed by atoms with van der Waals surface area (Å²) in [6.45, 7) is 6.52. The molecule has 0 spiro atoms. The van der Waals surface area contributed by atoms with E-state index in [4.69, 9.17) is 15.3 Å². The van der Waals surface area contributed by atoms with E-state index in [9.17, 15) is 0 Å². The summed E-state index contributed by atoms with van der Waals surface area (Å²) in [5.74, 6) is 0.772. The molecule has 1 aliphatic rings. The lowest BCUT2D eigenvalue weighted by molar-refractivity contribution is 0.00554. The Labute approximate surface area is 157 Å². The van der Waals surface area contributed by atoms with Crippen molar-refractivity contribution in [3.05, 3.63) is 52.6 Å². The second kappa shape index (κ2) is 9.95. The van der Waals surface area contributed by atoms with Gasteiger partial charge >= 0.3 is 0 Å². The fourth-order valence-electron chi connectivity index (χ4n) is 3.20. The zero-order valence-corrected chi connectivity index (χ0v) is 16.0. The van der Waals surface area contributed by atoms with Crippen LogP contribution in [0.15, 0.2) is 41.5 Å². The number of benzene rings is 1. The average molecular weight is 348 g/mol. The van der Waals surface area contributed by atoms with E-state index >= 15 is 0 Å².